The van der Waals surface area contributed by atoms with Gasteiger partial charge in [0, 0.05) is 24.5 Å². The van der Waals surface area contributed by atoms with Crippen molar-refractivity contribution in [1.82, 2.24) is 24.4 Å². The third kappa shape index (κ3) is 3.01. The predicted molar refractivity (Wildman–Crippen MR) is 107 cm³/mol. The average Bonchev–Trinajstić information content (AvgIpc) is 3.37. The number of benzene rings is 2. The summed E-state index contributed by atoms with van der Waals surface area (Å²) in [5.74, 6) is 0.815. The molecule has 0 bridgehead atoms. The molecule has 3 aromatic heterocycles. The zero-order valence-electron chi connectivity index (χ0n) is 14.7. The fourth-order valence-electron chi connectivity index (χ4n) is 3.24. The van der Waals surface area contributed by atoms with Gasteiger partial charge >= 0.3 is 0 Å². The van der Waals surface area contributed by atoms with Gasteiger partial charge < -0.3 is 5.32 Å². The topological polar surface area (TPSA) is 60.0 Å². The Morgan fingerprint density at radius 1 is 0.926 bits per heavy atom. The highest BCUT2D eigenvalue weighted by atomic mass is 15.3. The fourth-order valence-corrected chi connectivity index (χ4v) is 3.24. The first-order chi connectivity index (χ1) is 13.4. The quantitative estimate of drug-likeness (QED) is 0.521. The molecule has 0 radical (unpaired) electrons. The third-order valence-corrected chi connectivity index (χ3v) is 4.61. The van der Waals surface area contributed by atoms with E-state index in [1.807, 2.05) is 39.8 Å². The van der Waals surface area contributed by atoms with Gasteiger partial charge in [-0.15, -0.1) is 5.10 Å². The summed E-state index contributed by atoms with van der Waals surface area (Å²) in [4.78, 5) is 4.50. The molecule has 0 saturated carbocycles. The van der Waals surface area contributed by atoms with Gasteiger partial charge in [-0.2, -0.15) is 5.10 Å². The maximum atomic E-state index is 4.72. The van der Waals surface area contributed by atoms with Crippen LogP contribution in [-0.4, -0.2) is 30.9 Å². The van der Waals surface area contributed by atoms with Gasteiger partial charge in [-0.1, -0.05) is 36.4 Å². The molecule has 6 heteroatoms. The Balaban J connectivity index is 1.45. The third-order valence-electron chi connectivity index (χ3n) is 4.61. The molecule has 6 nitrogen and oxygen atoms in total. The second kappa shape index (κ2) is 6.57. The Hall–Kier alpha value is -3.67. The molecular weight excluding hydrogens is 336 g/mol. The molecule has 0 atom stereocenters. The molecule has 0 fully saturated rings. The van der Waals surface area contributed by atoms with Crippen LogP contribution >= 0.6 is 0 Å². The first-order valence-electron chi connectivity index (χ1n) is 8.92. The summed E-state index contributed by atoms with van der Waals surface area (Å²) in [5, 5.41) is 14.7. The lowest BCUT2D eigenvalue weighted by Crippen LogP contribution is -2.12. The van der Waals surface area contributed by atoms with Crippen LogP contribution < -0.4 is 5.32 Å². The Bertz CT molecular complexity index is 1210. The SMILES string of the molecule is c1ccc2cc(-c3cnc4ccc(NCCn5cccn5)nn34)ccc2c1. The van der Waals surface area contributed by atoms with E-state index in [1.54, 1.807) is 6.20 Å². The van der Waals surface area contributed by atoms with E-state index < -0.39 is 0 Å². The summed E-state index contributed by atoms with van der Waals surface area (Å²) in [7, 11) is 0. The smallest absolute Gasteiger partial charge is 0.154 e. The van der Waals surface area contributed by atoms with E-state index >= 15 is 0 Å². The van der Waals surface area contributed by atoms with E-state index in [-0.39, 0.29) is 0 Å². The van der Waals surface area contributed by atoms with E-state index in [4.69, 9.17) is 5.10 Å². The maximum absolute atomic E-state index is 4.72. The molecule has 0 saturated heterocycles. The number of fused-ring (bicyclic) bond motifs is 2. The monoisotopic (exact) mass is 354 g/mol. The molecule has 0 aliphatic rings. The minimum absolute atomic E-state index is 0.750. The summed E-state index contributed by atoms with van der Waals surface area (Å²) in [6, 6.07) is 20.6. The minimum atomic E-state index is 0.750. The Morgan fingerprint density at radius 2 is 1.85 bits per heavy atom. The van der Waals surface area contributed by atoms with Crippen LogP contribution in [0.25, 0.3) is 27.7 Å². The highest BCUT2D eigenvalue weighted by Gasteiger charge is 2.09. The van der Waals surface area contributed by atoms with E-state index in [2.05, 4.69) is 57.9 Å². The van der Waals surface area contributed by atoms with Crippen molar-refractivity contribution in [2.45, 2.75) is 6.54 Å². The van der Waals surface area contributed by atoms with Crippen molar-refractivity contribution in [2.24, 2.45) is 0 Å². The number of anilines is 1. The van der Waals surface area contributed by atoms with Crippen LogP contribution in [0, 0.1) is 0 Å². The van der Waals surface area contributed by atoms with Crippen LogP contribution in [0.3, 0.4) is 0 Å². The van der Waals surface area contributed by atoms with Crippen LogP contribution in [0.4, 0.5) is 5.82 Å². The number of rotatable bonds is 5. The molecule has 132 valence electrons. The summed E-state index contributed by atoms with van der Waals surface area (Å²) in [6.07, 6.45) is 5.61. The lowest BCUT2D eigenvalue weighted by molar-refractivity contribution is 0.636. The van der Waals surface area contributed by atoms with Gasteiger partial charge in [0.25, 0.3) is 0 Å². The second-order valence-corrected chi connectivity index (χ2v) is 6.39. The standard InChI is InChI=1S/C21H18N6/c1-2-5-17-14-18(7-6-16(17)4-1)19-15-23-21-9-8-20(25-27(19)21)22-11-13-26-12-3-10-24-26/h1-10,12,14-15H,11,13H2,(H,22,25). The van der Waals surface area contributed by atoms with E-state index in [0.29, 0.717) is 0 Å². The maximum Gasteiger partial charge on any atom is 0.154 e. The van der Waals surface area contributed by atoms with Crippen molar-refractivity contribution in [3.8, 4) is 11.3 Å². The summed E-state index contributed by atoms with van der Waals surface area (Å²) >= 11 is 0. The molecular formula is C21H18N6. The van der Waals surface area contributed by atoms with Gasteiger partial charge in [-0.05, 0) is 35.0 Å². The van der Waals surface area contributed by atoms with Crippen LogP contribution in [0.15, 0.2) is 79.3 Å². The molecule has 0 amide bonds. The first kappa shape index (κ1) is 15.6. The lowest BCUT2D eigenvalue weighted by Gasteiger charge is -2.08. The number of imidazole rings is 1. The number of hydrogen-bond acceptors (Lipinski definition) is 4. The fraction of sp³-hybridized carbons (Fsp3) is 0.0952. The van der Waals surface area contributed by atoms with E-state index in [9.17, 15) is 0 Å². The van der Waals surface area contributed by atoms with Gasteiger partial charge in [0.05, 0.1) is 18.4 Å². The number of nitrogens with zero attached hydrogens (tertiary/aromatic N) is 5. The summed E-state index contributed by atoms with van der Waals surface area (Å²) in [5.41, 5.74) is 2.91. The Kier molecular flexibility index (Phi) is 3.79. The molecule has 0 aliphatic carbocycles. The van der Waals surface area contributed by atoms with Crippen molar-refractivity contribution in [1.29, 1.82) is 0 Å². The molecule has 0 unspecified atom stereocenters. The first-order valence-corrected chi connectivity index (χ1v) is 8.92. The normalized spacial score (nSPS) is 11.3. The van der Waals surface area contributed by atoms with E-state index in [1.165, 1.54) is 10.8 Å². The van der Waals surface area contributed by atoms with Crippen LogP contribution in [-0.2, 0) is 6.54 Å². The number of nitrogens with one attached hydrogen (secondary N) is 1. The molecule has 0 aliphatic heterocycles. The lowest BCUT2D eigenvalue weighted by atomic mass is 10.1. The molecule has 3 heterocycles. The van der Waals surface area contributed by atoms with Crippen molar-refractivity contribution in [3.63, 3.8) is 0 Å². The minimum Gasteiger partial charge on any atom is -0.367 e. The van der Waals surface area contributed by atoms with Crippen molar-refractivity contribution in [3.05, 3.63) is 79.3 Å². The highest BCUT2D eigenvalue weighted by Crippen LogP contribution is 2.25. The molecule has 1 N–H and O–H groups in total. The van der Waals surface area contributed by atoms with Gasteiger partial charge in [0.1, 0.15) is 5.82 Å². The molecule has 0 spiro atoms. The zero-order chi connectivity index (χ0) is 18.1. The van der Waals surface area contributed by atoms with E-state index in [0.717, 1.165) is 35.8 Å². The largest absolute Gasteiger partial charge is 0.367 e. The molecule has 2 aromatic carbocycles. The Morgan fingerprint density at radius 3 is 2.74 bits per heavy atom. The van der Waals surface area contributed by atoms with Crippen LogP contribution in [0.5, 0.6) is 0 Å². The van der Waals surface area contributed by atoms with Crippen molar-refractivity contribution in [2.75, 3.05) is 11.9 Å². The number of hydrogen-bond donors (Lipinski definition) is 1. The van der Waals surface area contributed by atoms with Gasteiger partial charge in [-0.25, -0.2) is 9.50 Å². The van der Waals surface area contributed by atoms with Crippen molar-refractivity contribution < 1.29 is 0 Å². The average molecular weight is 354 g/mol. The van der Waals surface area contributed by atoms with Gasteiger partial charge in [-0.3, -0.25) is 4.68 Å². The van der Waals surface area contributed by atoms with Crippen molar-refractivity contribution >= 4 is 22.2 Å². The molecule has 27 heavy (non-hydrogen) atoms. The van der Waals surface area contributed by atoms with Crippen LogP contribution in [0.2, 0.25) is 0 Å². The zero-order valence-corrected chi connectivity index (χ0v) is 14.7. The highest BCUT2D eigenvalue weighted by molar-refractivity contribution is 5.87. The van der Waals surface area contributed by atoms with Gasteiger partial charge in [0.15, 0.2) is 5.65 Å². The van der Waals surface area contributed by atoms with Crippen LogP contribution in [0.1, 0.15) is 0 Å². The molecule has 5 aromatic rings. The summed E-state index contributed by atoms with van der Waals surface area (Å²) < 4.78 is 3.78. The second-order valence-electron chi connectivity index (χ2n) is 6.39. The molecule has 5 rings (SSSR count). The number of aromatic nitrogens is 5. The Labute approximate surface area is 156 Å². The predicted octanol–water partition coefficient (Wildman–Crippen LogP) is 3.86. The summed E-state index contributed by atoms with van der Waals surface area (Å²) in [6.45, 7) is 1.54. The van der Waals surface area contributed by atoms with Gasteiger partial charge in [0.2, 0.25) is 0 Å².